The van der Waals surface area contributed by atoms with Crippen molar-refractivity contribution in [1.82, 2.24) is 19.4 Å². The van der Waals surface area contributed by atoms with E-state index in [1.54, 1.807) is 49.1 Å². The summed E-state index contributed by atoms with van der Waals surface area (Å²) in [6.45, 7) is 2.27. The molecule has 0 radical (unpaired) electrons. The SMILES string of the molecule is Cc1nn(C)cc1C(=O)N[C@H]1C[C@H]2COc3ccccc3S(=O)(=O)N2C1. The fourth-order valence-corrected chi connectivity index (χ4v) is 5.42. The Kier molecular flexibility index (Phi) is 4.00. The van der Waals surface area contributed by atoms with Crippen molar-refractivity contribution in [3.8, 4) is 5.75 Å². The Morgan fingerprint density at radius 3 is 2.85 bits per heavy atom. The number of aryl methyl sites for hydroxylation is 2. The van der Waals surface area contributed by atoms with Crippen LogP contribution in [0.2, 0.25) is 0 Å². The van der Waals surface area contributed by atoms with Crippen LogP contribution in [-0.4, -0.2) is 53.6 Å². The number of hydrogen-bond acceptors (Lipinski definition) is 5. The lowest BCUT2D eigenvalue weighted by Gasteiger charge is -2.19. The molecule has 138 valence electrons. The Morgan fingerprint density at radius 1 is 1.35 bits per heavy atom. The summed E-state index contributed by atoms with van der Waals surface area (Å²) in [5.41, 5.74) is 1.14. The van der Waals surface area contributed by atoms with E-state index >= 15 is 0 Å². The van der Waals surface area contributed by atoms with Crippen LogP contribution in [0.25, 0.3) is 0 Å². The molecule has 26 heavy (non-hydrogen) atoms. The van der Waals surface area contributed by atoms with E-state index in [2.05, 4.69) is 10.4 Å². The first-order valence-electron chi connectivity index (χ1n) is 8.41. The smallest absolute Gasteiger partial charge is 0.255 e. The molecule has 3 heterocycles. The third-order valence-electron chi connectivity index (χ3n) is 4.82. The predicted molar refractivity (Wildman–Crippen MR) is 93.4 cm³/mol. The summed E-state index contributed by atoms with van der Waals surface area (Å²) in [6, 6.07) is 6.09. The molecule has 1 fully saturated rings. The minimum absolute atomic E-state index is 0.178. The highest BCUT2D eigenvalue weighted by atomic mass is 32.2. The predicted octanol–water partition coefficient (Wildman–Crippen LogP) is 0.683. The third-order valence-corrected chi connectivity index (χ3v) is 6.78. The lowest BCUT2D eigenvalue weighted by Crippen LogP contribution is -2.39. The lowest BCUT2D eigenvalue weighted by molar-refractivity contribution is 0.0938. The number of benzene rings is 1. The van der Waals surface area contributed by atoms with Crippen LogP contribution >= 0.6 is 0 Å². The number of nitrogens with one attached hydrogen (secondary N) is 1. The van der Waals surface area contributed by atoms with Gasteiger partial charge in [0.15, 0.2) is 0 Å². The first-order valence-corrected chi connectivity index (χ1v) is 9.85. The Bertz CT molecular complexity index is 969. The van der Waals surface area contributed by atoms with E-state index in [1.807, 2.05) is 0 Å². The van der Waals surface area contributed by atoms with E-state index in [-0.39, 0.29) is 36.0 Å². The van der Waals surface area contributed by atoms with Gasteiger partial charge < -0.3 is 10.1 Å². The monoisotopic (exact) mass is 376 g/mol. The fraction of sp³-hybridized carbons (Fsp3) is 0.412. The summed E-state index contributed by atoms with van der Waals surface area (Å²) in [6.07, 6.45) is 2.17. The number of hydrogen-bond donors (Lipinski definition) is 1. The first-order chi connectivity index (χ1) is 12.4. The zero-order valence-electron chi connectivity index (χ0n) is 14.5. The van der Waals surface area contributed by atoms with E-state index in [0.29, 0.717) is 23.4 Å². The van der Waals surface area contributed by atoms with Gasteiger partial charge in [0.1, 0.15) is 17.3 Å². The molecule has 9 heteroatoms. The summed E-state index contributed by atoms with van der Waals surface area (Å²) in [5.74, 6) is 0.144. The molecule has 2 aliphatic heterocycles. The summed E-state index contributed by atoms with van der Waals surface area (Å²) in [4.78, 5) is 12.7. The van der Waals surface area contributed by atoms with E-state index < -0.39 is 10.0 Å². The summed E-state index contributed by atoms with van der Waals surface area (Å²) >= 11 is 0. The molecule has 2 atom stereocenters. The Balaban J connectivity index is 1.55. The highest BCUT2D eigenvalue weighted by Gasteiger charge is 2.44. The molecule has 1 amide bonds. The molecule has 0 spiro atoms. The van der Waals surface area contributed by atoms with Crippen LogP contribution in [-0.2, 0) is 17.1 Å². The van der Waals surface area contributed by atoms with E-state index in [0.717, 1.165) is 0 Å². The van der Waals surface area contributed by atoms with Crippen molar-refractivity contribution in [2.24, 2.45) is 7.05 Å². The maximum atomic E-state index is 13.0. The van der Waals surface area contributed by atoms with Gasteiger partial charge in [-0.2, -0.15) is 9.40 Å². The van der Waals surface area contributed by atoms with Crippen LogP contribution in [0, 0.1) is 6.92 Å². The van der Waals surface area contributed by atoms with Crippen LogP contribution in [0.5, 0.6) is 5.75 Å². The number of amides is 1. The molecule has 1 N–H and O–H groups in total. The summed E-state index contributed by atoms with van der Waals surface area (Å²) in [5, 5.41) is 7.10. The minimum atomic E-state index is -3.65. The second kappa shape index (κ2) is 6.10. The Morgan fingerprint density at radius 2 is 2.12 bits per heavy atom. The largest absolute Gasteiger partial charge is 0.490 e. The Hall–Kier alpha value is -2.39. The van der Waals surface area contributed by atoms with Crippen molar-refractivity contribution >= 4 is 15.9 Å². The molecule has 0 unspecified atom stereocenters. The van der Waals surface area contributed by atoms with Crippen molar-refractivity contribution in [2.75, 3.05) is 13.2 Å². The van der Waals surface area contributed by atoms with Crippen LogP contribution in [0.4, 0.5) is 0 Å². The second-order valence-corrected chi connectivity index (χ2v) is 8.55. The second-order valence-electron chi connectivity index (χ2n) is 6.69. The van der Waals surface area contributed by atoms with Crippen molar-refractivity contribution in [3.05, 3.63) is 41.7 Å². The molecule has 0 aliphatic carbocycles. The normalized spacial score (nSPS) is 24.2. The van der Waals surface area contributed by atoms with Gasteiger partial charge in [-0.1, -0.05) is 12.1 Å². The lowest BCUT2D eigenvalue weighted by atomic mass is 10.1. The van der Waals surface area contributed by atoms with Crippen LogP contribution in [0.3, 0.4) is 0 Å². The fourth-order valence-electron chi connectivity index (χ4n) is 3.62. The molecule has 1 aromatic heterocycles. The van der Waals surface area contributed by atoms with Gasteiger partial charge in [-0.15, -0.1) is 0 Å². The third kappa shape index (κ3) is 2.77. The van der Waals surface area contributed by atoms with Gasteiger partial charge in [0.05, 0.1) is 17.3 Å². The molecular formula is C17H20N4O4S. The van der Waals surface area contributed by atoms with Gasteiger partial charge in [0, 0.05) is 25.8 Å². The van der Waals surface area contributed by atoms with Crippen LogP contribution in [0.1, 0.15) is 22.5 Å². The number of carbonyl (C=O) groups is 1. The maximum absolute atomic E-state index is 13.0. The van der Waals surface area contributed by atoms with Crippen molar-refractivity contribution < 1.29 is 17.9 Å². The molecule has 0 bridgehead atoms. The zero-order valence-corrected chi connectivity index (χ0v) is 15.4. The van der Waals surface area contributed by atoms with Gasteiger partial charge in [0.2, 0.25) is 10.0 Å². The van der Waals surface area contributed by atoms with E-state index in [1.165, 1.54) is 4.31 Å². The molecule has 8 nitrogen and oxygen atoms in total. The Labute approximate surface area is 151 Å². The minimum Gasteiger partial charge on any atom is -0.490 e. The molecule has 1 saturated heterocycles. The number of ether oxygens (including phenoxy) is 1. The topological polar surface area (TPSA) is 93.5 Å². The molecule has 2 aromatic rings. The van der Waals surface area contributed by atoms with E-state index in [4.69, 9.17) is 4.74 Å². The van der Waals surface area contributed by atoms with Crippen LogP contribution < -0.4 is 10.1 Å². The van der Waals surface area contributed by atoms with Crippen LogP contribution in [0.15, 0.2) is 35.4 Å². The zero-order chi connectivity index (χ0) is 18.5. The average Bonchev–Trinajstić information content (AvgIpc) is 3.13. The van der Waals surface area contributed by atoms with Gasteiger partial charge >= 0.3 is 0 Å². The molecule has 4 rings (SSSR count). The van der Waals surface area contributed by atoms with E-state index in [9.17, 15) is 13.2 Å². The molecule has 1 aromatic carbocycles. The number of fused-ring (bicyclic) bond motifs is 2. The standard InChI is InChI=1S/C17H20N4O4S/c1-11-14(9-20(2)19-11)17(22)18-12-7-13-10-25-15-5-3-4-6-16(15)26(23,24)21(13)8-12/h3-6,9,12-13H,7-8,10H2,1-2H3,(H,18,22)/t12-,13-/m0/s1. The van der Waals surface area contributed by atoms with Crippen molar-refractivity contribution in [1.29, 1.82) is 0 Å². The summed E-state index contributed by atoms with van der Waals surface area (Å²) in [7, 11) is -1.90. The van der Waals surface area contributed by atoms with Gasteiger partial charge in [0.25, 0.3) is 5.91 Å². The molecule has 0 saturated carbocycles. The highest BCUT2D eigenvalue weighted by molar-refractivity contribution is 7.89. The number of para-hydroxylation sites is 1. The number of carbonyl (C=O) groups excluding carboxylic acids is 1. The summed E-state index contributed by atoms with van der Waals surface area (Å²) < 4.78 is 34.7. The number of aromatic nitrogens is 2. The first kappa shape index (κ1) is 17.0. The molecule has 2 aliphatic rings. The average molecular weight is 376 g/mol. The number of sulfonamides is 1. The van der Waals surface area contributed by atoms with Gasteiger partial charge in [-0.05, 0) is 25.5 Å². The number of nitrogens with zero attached hydrogens (tertiary/aromatic N) is 3. The van der Waals surface area contributed by atoms with Gasteiger partial charge in [-0.25, -0.2) is 8.42 Å². The van der Waals surface area contributed by atoms with Crippen molar-refractivity contribution in [3.63, 3.8) is 0 Å². The van der Waals surface area contributed by atoms with Crippen molar-refractivity contribution in [2.45, 2.75) is 30.3 Å². The molecular weight excluding hydrogens is 356 g/mol. The quantitative estimate of drug-likeness (QED) is 0.832. The van der Waals surface area contributed by atoms with Gasteiger partial charge in [-0.3, -0.25) is 9.48 Å². The highest BCUT2D eigenvalue weighted by Crippen LogP contribution is 2.35. The maximum Gasteiger partial charge on any atom is 0.255 e. The number of rotatable bonds is 2.